The molecule has 2 nitrogen and oxygen atoms in total. The maximum Gasteiger partial charge on any atom is 0.000937 e. The standard InChI is InChI=1S/C12H26N2/c1-10(5-4-6-13)8-14(3)9-12-7-11(12)2/h10-12H,4-9,13H2,1-3H3. The second-order valence-electron chi connectivity index (χ2n) is 5.23. The summed E-state index contributed by atoms with van der Waals surface area (Å²) in [6, 6.07) is 0. The molecule has 0 heterocycles. The van der Waals surface area contributed by atoms with Crippen LogP contribution in [-0.2, 0) is 0 Å². The van der Waals surface area contributed by atoms with Crippen LogP contribution in [0.4, 0.5) is 0 Å². The topological polar surface area (TPSA) is 29.3 Å². The van der Waals surface area contributed by atoms with Crippen LogP contribution in [0, 0.1) is 17.8 Å². The van der Waals surface area contributed by atoms with Crippen molar-refractivity contribution in [2.75, 3.05) is 26.7 Å². The van der Waals surface area contributed by atoms with Crippen molar-refractivity contribution in [3.05, 3.63) is 0 Å². The Kier molecular flexibility index (Phi) is 4.90. The zero-order chi connectivity index (χ0) is 10.6. The Bertz CT molecular complexity index is 158. The van der Waals surface area contributed by atoms with E-state index in [1.807, 2.05) is 0 Å². The molecule has 1 rings (SSSR count). The molecule has 0 spiro atoms. The molecule has 1 fully saturated rings. The van der Waals surface area contributed by atoms with E-state index in [9.17, 15) is 0 Å². The summed E-state index contributed by atoms with van der Waals surface area (Å²) >= 11 is 0. The van der Waals surface area contributed by atoms with Gasteiger partial charge in [0.1, 0.15) is 0 Å². The van der Waals surface area contributed by atoms with Gasteiger partial charge in [-0.25, -0.2) is 0 Å². The lowest BCUT2D eigenvalue weighted by Gasteiger charge is -2.21. The number of hydrogen-bond donors (Lipinski definition) is 1. The monoisotopic (exact) mass is 198 g/mol. The summed E-state index contributed by atoms with van der Waals surface area (Å²) in [7, 11) is 2.25. The second-order valence-corrected chi connectivity index (χ2v) is 5.23. The molecular weight excluding hydrogens is 172 g/mol. The Morgan fingerprint density at radius 3 is 2.64 bits per heavy atom. The van der Waals surface area contributed by atoms with Gasteiger partial charge in [-0.05, 0) is 50.6 Å². The molecule has 1 aliphatic carbocycles. The highest BCUT2D eigenvalue weighted by molar-refractivity contribution is 4.84. The first-order chi connectivity index (χ1) is 6.63. The average molecular weight is 198 g/mol. The first-order valence-electron chi connectivity index (χ1n) is 6.02. The lowest BCUT2D eigenvalue weighted by Crippen LogP contribution is -2.27. The summed E-state index contributed by atoms with van der Waals surface area (Å²) in [4.78, 5) is 2.50. The van der Waals surface area contributed by atoms with Gasteiger partial charge in [-0.3, -0.25) is 0 Å². The highest BCUT2D eigenvalue weighted by atomic mass is 15.1. The van der Waals surface area contributed by atoms with Crippen molar-refractivity contribution in [3.63, 3.8) is 0 Å². The van der Waals surface area contributed by atoms with Crippen LogP contribution in [0.2, 0.25) is 0 Å². The molecule has 0 saturated heterocycles. The molecule has 0 aliphatic heterocycles. The quantitative estimate of drug-likeness (QED) is 0.677. The number of rotatable bonds is 7. The van der Waals surface area contributed by atoms with Gasteiger partial charge < -0.3 is 10.6 Å². The minimum Gasteiger partial charge on any atom is -0.330 e. The van der Waals surface area contributed by atoms with Crippen molar-refractivity contribution in [2.24, 2.45) is 23.5 Å². The van der Waals surface area contributed by atoms with Crippen molar-refractivity contribution < 1.29 is 0 Å². The van der Waals surface area contributed by atoms with Crippen molar-refractivity contribution in [1.82, 2.24) is 4.90 Å². The molecule has 0 bridgehead atoms. The highest BCUT2D eigenvalue weighted by Crippen LogP contribution is 2.38. The van der Waals surface area contributed by atoms with E-state index < -0.39 is 0 Å². The van der Waals surface area contributed by atoms with E-state index >= 15 is 0 Å². The molecular formula is C12H26N2. The minimum atomic E-state index is 0.803. The predicted molar refractivity (Wildman–Crippen MR) is 62.2 cm³/mol. The Balaban J connectivity index is 2.03. The Labute approximate surface area is 88.8 Å². The molecule has 2 N–H and O–H groups in total. The first kappa shape index (κ1) is 12.0. The molecule has 84 valence electrons. The molecule has 0 amide bonds. The van der Waals surface area contributed by atoms with Gasteiger partial charge in [0.25, 0.3) is 0 Å². The van der Waals surface area contributed by atoms with E-state index in [0.717, 1.165) is 24.3 Å². The van der Waals surface area contributed by atoms with E-state index in [-0.39, 0.29) is 0 Å². The fourth-order valence-corrected chi connectivity index (χ4v) is 2.22. The van der Waals surface area contributed by atoms with Crippen LogP contribution in [0.25, 0.3) is 0 Å². The van der Waals surface area contributed by atoms with E-state index in [1.54, 1.807) is 0 Å². The number of hydrogen-bond acceptors (Lipinski definition) is 2. The zero-order valence-electron chi connectivity index (χ0n) is 10.00. The molecule has 1 aliphatic rings. The van der Waals surface area contributed by atoms with Crippen molar-refractivity contribution in [3.8, 4) is 0 Å². The van der Waals surface area contributed by atoms with E-state index in [2.05, 4.69) is 25.8 Å². The van der Waals surface area contributed by atoms with Gasteiger partial charge in [-0.1, -0.05) is 13.8 Å². The maximum absolute atomic E-state index is 5.50. The Morgan fingerprint density at radius 2 is 2.14 bits per heavy atom. The lowest BCUT2D eigenvalue weighted by atomic mass is 10.1. The van der Waals surface area contributed by atoms with Crippen LogP contribution < -0.4 is 5.73 Å². The van der Waals surface area contributed by atoms with Crippen LogP contribution >= 0.6 is 0 Å². The van der Waals surface area contributed by atoms with Crippen LogP contribution in [-0.4, -0.2) is 31.6 Å². The van der Waals surface area contributed by atoms with Crippen molar-refractivity contribution in [2.45, 2.75) is 33.1 Å². The maximum atomic E-state index is 5.50. The van der Waals surface area contributed by atoms with Gasteiger partial charge in [-0.2, -0.15) is 0 Å². The van der Waals surface area contributed by atoms with E-state index in [0.29, 0.717) is 0 Å². The molecule has 0 aromatic rings. The summed E-state index contributed by atoms with van der Waals surface area (Å²) in [6.45, 7) is 8.07. The molecule has 0 aromatic heterocycles. The summed E-state index contributed by atoms with van der Waals surface area (Å²) < 4.78 is 0. The number of nitrogens with zero attached hydrogens (tertiary/aromatic N) is 1. The first-order valence-corrected chi connectivity index (χ1v) is 6.02. The average Bonchev–Trinajstić information content (AvgIpc) is 2.77. The molecule has 2 heteroatoms. The number of nitrogens with two attached hydrogens (primary N) is 1. The van der Waals surface area contributed by atoms with Gasteiger partial charge in [0.15, 0.2) is 0 Å². The van der Waals surface area contributed by atoms with Crippen molar-refractivity contribution in [1.29, 1.82) is 0 Å². The van der Waals surface area contributed by atoms with Crippen molar-refractivity contribution >= 4 is 0 Å². The van der Waals surface area contributed by atoms with Gasteiger partial charge in [0.05, 0.1) is 0 Å². The predicted octanol–water partition coefficient (Wildman–Crippen LogP) is 1.95. The van der Waals surface area contributed by atoms with Crippen LogP contribution in [0.15, 0.2) is 0 Å². The fourth-order valence-electron chi connectivity index (χ4n) is 2.22. The normalized spacial score (nSPS) is 28.1. The van der Waals surface area contributed by atoms with Crippen LogP contribution in [0.1, 0.15) is 33.1 Å². The molecule has 3 atom stereocenters. The largest absolute Gasteiger partial charge is 0.330 e. The molecule has 0 radical (unpaired) electrons. The van der Waals surface area contributed by atoms with Gasteiger partial charge >= 0.3 is 0 Å². The minimum absolute atomic E-state index is 0.803. The SMILES string of the molecule is CC(CCCN)CN(C)CC1CC1C. The van der Waals surface area contributed by atoms with Gasteiger partial charge in [0, 0.05) is 13.1 Å². The third-order valence-electron chi connectivity index (χ3n) is 3.35. The third-order valence-corrected chi connectivity index (χ3v) is 3.35. The summed E-state index contributed by atoms with van der Waals surface area (Å²) in [5.74, 6) is 2.77. The van der Waals surface area contributed by atoms with E-state index in [4.69, 9.17) is 5.73 Å². The van der Waals surface area contributed by atoms with Gasteiger partial charge in [-0.15, -0.1) is 0 Å². The summed E-state index contributed by atoms with van der Waals surface area (Å²) in [5, 5.41) is 0. The molecule has 14 heavy (non-hydrogen) atoms. The smallest absolute Gasteiger partial charge is 0.000937 e. The van der Waals surface area contributed by atoms with E-state index in [1.165, 1.54) is 32.4 Å². The van der Waals surface area contributed by atoms with Crippen LogP contribution in [0.5, 0.6) is 0 Å². The summed E-state index contributed by atoms with van der Waals surface area (Å²) in [5.41, 5.74) is 5.50. The lowest BCUT2D eigenvalue weighted by molar-refractivity contribution is 0.263. The second kappa shape index (κ2) is 5.72. The third kappa shape index (κ3) is 4.43. The molecule has 0 aromatic carbocycles. The fraction of sp³-hybridized carbons (Fsp3) is 1.00. The van der Waals surface area contributed by atoms with Crippen LogP contribution in [0.3, 0.4) is 0 Å². The summed E-state index contributed by atoms with van der Waals surface area (Å²) in [6.07, 6.45) is 3.90. The zero-order valence-corrected chi connectivity index (χ0v) is 10.00. The van der Waals surface area contributed by atoms with Gasteiger partial charge in [0.2, 0.25) is 0 Å². The molecule has 1 saturated carbocycles. The Morgan fingerprint density at radius 1 is 1.50 bits per heavy atom. The highest BCUT2D eigenvalue weighted by Gasteiger charge is 2.33. The molecule has 3 unspecified atom stereocenters. The Hall–Kier alpha value is -0.0800.